The van der Waals surface area contributed by atoms with E-state index in [-0.39, 0.29) is 10.5 Å². The van der Waals surface area contributed by atoms with Crippen LogP contribution >= 0.6 is 0 Å². The maximum Gasteiger partial charge on any atom is 0.159 e. The van der Waals surface area contributed by atoms with Crippen LogP contribution in [0.15, 0.2) is 35.9 Å². The van der Waals surface area contributed by atoms with Crippen LogP contribution in [0.5, 0.6) is 0 Å². The SMILES string of the molecule is N#Cc1cccc(CC2=CC3CCCC(C2)S3(=O)=O)c1. The Labute approximate surface area is 119 Å². The second-order valence-corrected chi connectivity index (χ2v) is 8.15. The predicted octanol–water partition coefficient (Wildman–Crippen LogP) is 2.77. The first-order chi connectivity index (χ1) is 9.59. The molecule has 0 saturated carbocycles. The van der Waals surface area contributed by atoms with Crippen LogP contribution in [-0.2, 0) is 16.3 Å². The van der Waals surface area contributed by atoms with Crippen LogP contribution in [0.2, 0.25) is 0 Å². The van der Waals surface area contributed by atoms with Gasteiger partial charge in [-0.15, -0.1) is 0 Å². The lowest BCUT2D eigenvalue weighted by Crippen LogP contribution is -2.39. The monoisotopic (exact) mass is 287 g/mol. The molecule has 3 rings (SSSR count). The number of sulfone groups is 1. The van der Waals surface area contributed by atoms with Crippen molar-refractivity contribution in [2.24, 2.45) is 0 Å². The second kappa shape index (κ2) is 5.06. The Morgan fingerprint density at radius 3 is 2.90 bits per heavy atom. The van der Waals surface area contributed by atoms with Gasteiger partial charge in [0.05, 0.1) is 22.1 Å². The molecule has 1 aromatic rings. The summed E-state index contributed by atoms with van der Waals surface area (Å²) in [6.45, 7) is 0. The maximum absolute atomic E-state index is 12.2. The summed E-state index contributed by atoms with van der Waals surface area (Å²) in [7, 11) is -2.93. The molecule has 4 heteroatoms. The predicted molar refractivity (Wildman–Crippen MR) is 77.9 cm³/mol. The van der Waals surface area contributed by atoms with E-state index in [1.807, 2.05) is 24.3 Å². The smallest absolute Gasteiger partial charge is 0.159 e. The highest BCUT2D eigenvalue weighted by molar-refractivity contribution is 7.92. The maximum atomic E-state index is 12.2. The van der Waals surface area contributed by atoms with Gasteiger partial charge in [0.25, 0.3) is 0 Å². The van der Waals surface area contributed by atoms with Gasteiger partial charge >= 0.3 is 0 Å². The first-order valence-corrected chi connectivity index (χ1v) is 8.62. The van der Waals surface area contributed by atoms with Gasteiger partial charge in [0.15, 0.2) is 9.84 Å². The summed E-state index contributed by atoms with van der Waals surface area (Å²) in [6, 6.07) is 9.70. The zero-order chi connectivity index (χ0) is 14.2. The van der Waals surface area contributed by atoms with E-state index in [1.165, 1.54) is 5.57 Å². The van der Waals surface area contributed by atoms with Gasteiger partial charge in [-0.3, -0.25) is 0 Å². The Hall–Kier alpha value is -1.60. The zero-order valence-electron chi connectivity index (χ0n) is 11.2. The number of hydrogen-bond acceptors (Lipinski definition) is 3. The average molecular weight is 287 g/mol. The molecule has 20 heavy (non-hydrogen) atoms. The van der Waals surface area contributed by atoms with Gasteiger partial charge in [0.1, 0.15) is 0 Å². The first-order valence-electron chi connectivity index (χ1n) is 7.01. The summed E-state index contributed by atoms with van der Waals surface area (Å²) in [4.78, 5) is 0. The van der Waals surface area contributed by atoms with Crippen LogP contribution in [0, 0.1) is 11.3 Å². The van der Waals surface area contributed by atoms with Crippen molar-refractivity contribution in [2.75, 3.05) is 0 Å². The fourth-order valence-electron chi connectivity index (χ4n) is 3.29. The van der Waals surface area contributed by atoms with Crippen molar-refractivity contribution in [3.63, 3.8) is 0 Å². The molecule has 0 N–H and O–H groups in total. The highest BCUT2D eigenvalue weighted by atomic mass is 32.2. The Bertz CT molecular complexity index is 697. The van der Waals surface area contributed by atoms with Gasteiger partial charge in [-0.2, -0.15) is 5.26 Å². The normalized spacial score (nSPS) is 27.4. The third kappa shape index (κ3) is 2.38. The summed E-state index contributed by atoms with van der Waals surface area (Å²) in [5, 5.41) is 8.47. The van der Waals surface area contributed by atoms with Crippen molar-refractivity contribution < 1.29 is 8.42 Å². The Kier molecular flexibility index (Phi) is 3.39. The highest BCUT2D eigenvalue weighted by Gasteiger charge is 2.39. The third-order valence-corrected chi connectivity index (χ3v) is 6.85. The minimum Gasteiger partial charge on any atom is -0.228 e. The number of allylic oxidation sites excluding steroid dienone is 1. The first kappa shape index (κ1) is 13.4. The molecule has 2 bridgehead atoms. The van der Waals surface area contributed by atoms with Gasteiger partial charge in [-0.25, -0.2) is 8.42 Å². The van der Waals surface area contributed by atoms with Crippen LogP contribution in [0.25, 0.3) is 0 Å². The largest absolute Gasteiger partial charge is 0.228 e. The van der Waals surface area contributed by atoms with Crippen molar-refractivity contribution in [2.45, 2.75) is 42.6 Å². The molecule has 2 aliphatic rings. The number of hydrogen-bond donors (Lipinski definition) is 0. The fourth-order valence-corrected chi connectivity index (χ4v) is 5.60. The zero-order valence-corrected chi connectivity index (χ0v) is 12.1. The lowest BCUT2D eigenvalue weighted by molar-refractivity contribution is 0.507. The quantitative estimate of drug-likeness (QED) is 0.786. The Balaban J connectivity index is 1.85. The molecule has 0 aromatic heterocycles. The Morgan fingerprint density at radius 2 is 2.15 bits per heavy atom. The van der Waals surface area contributed by atoms with Gasteiger partial charge in [0, 0.05) is 0 Å². The molecule has 2 unspecified atom stereocenters. The fraction of sp³-hybridized carbons (Fsp3) is 0.438. The molecule has 0 spiro atoms. The van der Waals surface area contributed by atoms with E-state index in [1.54, 1.807) is 6.07 Å². The molecule has 0 aliphatic carbocycles. The summed E-state index contributed by atoms with van der Waals surface area (Å²) in [5.41, 5.74) is 2.96. The molecule has 1 fully saturated rings. The minimum absolute atomic E-state index is 0.180. The van der Waals surface area contributed by atoms with E-state index >= 15 is 0 Å². The van der Waals surface area contributed by atoms with Crippen LogP contribution in [0.1, 0.15) is 36.8 Å². The standard InChI is InChI=1S/C16H17NO2S/c17-11-13-4-1-3-12(7-13)8-14-9-15-5-2-6-16(10-14)20(15,18)19/h1,3-4,7,9,15-16H,2,5-6,8,10H2. The highest BCUT2D eigenvalue weighted by Crippen LogP contribution is 2.36. The van der Waals surface area contributed by atoms with Crippen LogP contribution in [-0.4, -0.2) is 18.9 Å². The molecule has 0 radical (unpaired) electrons. The van der Waals surface area contributed by atoms with Gasteiger partial charge in [0.2, 0.25) is 0 Å². The number of rotatable bonds is 2. The lowest BCUT2D eigenvalue weighted by atomic mass is 9.93. The molecule has 1 aromatic carbocycles. The van der Waals surface area contributed by atoms with Crippen molar-refractivity contribution in [3.8, 4) is 6.07 Å². The third-order valence-electron chi connectivity index (χ3n) is 4.30. The molecule has 2 atom stereocenters. The summed E-state index contributed by atoms with van der Waals surface area (Å²) >= 11 is 0. The van der Waals surface area contributed by atoms with Crippen molar-refractivity contribution in [1.82, 2.24) is 0 Å². The van der Waals surface area contributed by atoms with Gasteiger partial charge < -0.3 is 0 Å². The molecule has 104 valence electrons. The molecule has 1 saturated heterocycles. The minimum atomic E-state index is -2.93. The molecule has 0 amide bonds. The van der Waals surface area contributed by atoms with E-state index in [9.17, 15) is 8.42 Å². The lowest BCUT2D eigenvalue weighted by Gasteiger charge is -2.33. The van der Waals surface area contributed by atoms with Crippen LogP contribution < -0.4 is 0 Å². The number of benzene rings is 1. The van der Waals surface area contributed by atoms with E-state index in [0.29, 0.717) is 12.0 Å². The van der Waals surface area contributed by atoms with E-state index in [0.717, 1.165) is 31.2 Å². The average Bonchev–Trinajstić information content (AvgIpc) is 2.40. The van der Waals surface area contributed by atoms with Crippen LogP contribution in [0.4, 0.5) is 0 Å². The second-order valence-electron chi connectivity index (χ2n) is 5.70. The molecular formula is C16H17NO2S. The number of nitriles is 1. The van der Waals surface area contributed by atoms with Gasteiger partial charge in [-0.1, -0.05) is 30.2 Å². The summed E-state index contributed by atoms with van der Waals surface area (Å²) in [6.07, 6.45) is 5.97. The van der Waals surface area contributed by atoms with E-state index in [2.05, 4.69) is 6.07 Å². The number of nitrogens with zero attached hydrogens (tertiary/aromatic N) is 1. The van der Waals surface area contributed by atoms with E-state index < -0.39 is 9.84 Å². The van der Waals surface area contributed by atoms with Gasteiger partial charge in [-0.05, 0) is 43.4 Å². The van der Waals surface area contributed by atoms with E-state index in [4.69, 9.17) is 5.26 Å². The topological polar surface area (TPSA) is 57.9 Å². The molecular weight excluding hydrogens is 270 g/mol. The summed E-state index contributed by atoms with van der Waals surface area (Å²) < 4.78 is 24.4. The number of fused-ring (bicyclic) bond motifs is 2. The molecule has 2 aliphatic heterocycles. The summed E-state index contributed by atoms with van der Waals surface area (Å²) in [5.74, 6) is 0. The molecule has 2 heterocycles. The van der Waals surface area contributed by atoms with Crippen molar-refractivity contribution >= 4 is 9.84 Å². The Morgan fingerprint density at radius 1 is 1.30 bits per heavy atom. The van der Waals surface area contributed by atoms with Crippen LogP contribution in [0.3, 0.4) is 0 Å². The molecule has 3 nitrogen and oxygen atoms in total. The van der Waals surface area contributed by atoms with Crippen molar-refractivity contribution in [3.05, 3.63) is 47.0 Å². The van der Waals surface area contributed by atoms with Crippen molar-refractivity contribution in [1.29, 1.82) is 5.26 Å².